The zero-order valence-electron chi connectivity index (χ0n) is 13.9. The van der Waals surface area contributed by atoms with Gasteiger partial charge in [-0.2, -0.15) is 0 Å². The van der Waals surface area contributed by atoms with Crippen LogP contribution in [-0.4, -0.2) is 39.2 Å². The SMILES string of the molecule is CC1CCC(NC(=O)COC(=O)c2ccccc2S(C)(=O)=O)CC1. The van der Waals surface area contributed by atoms with Crippen molar-refractivity contribution < 1.29 is 22.7 Å². The van der Waals surface area contributed by atoms with Crippen LogP contribution in [0.25, 0.3) is 0 Å². The molecule has 0 saturated heterocycles. The first-order chi connectivity index (χ1) is 11.3. The highest BCUT2D eigenvalue weighted by Crippen LogP contribution is 2.23. The lowest BCUT2D eigenvalue weighted by molar-refractivity contribution is -0.125. The van der Waals surface area contributed by atoms with Crippen molar-refractivity contribution in [2.24, 2.45) is 5.92 Å². The van der Waals surface area contributed by atoms with E-state index in [0.29, 0.717) is 5.92 Å². The summed E-state index contributed by atoms with van der Waals surface area (Å²) >= 11 is 0. The predicted octanol–water partition coefficient (Wildman–Crippen LogP) is 1.94. The summed E-state index contributed by atoms with van der Waals surface area (Å²) in [5, 5.41) is 2.86. The Morgan fingerprint density at radius 1 is 1.17 bits per heavy atom. The molecule has 0 atom stereocenters. The molecule has 1 aliphatic rings. The minimum Gasteiger partial charge on any atom is -0.452 e. The van der Waals surface area contributed by atoms with Crippen LogP contribution in [0, 0.1) is 5.92 Å². The Bertz CT molecular complexity index is 705. The quantitative estimate of drug-likeness (QED) is 0.817. The van der Waals surface area contributed by atoms with Gasteiger partial charge in [-0.15, -0.1) is 0 Å². The minimum atomic E-state index is -3.55. The molecule has 7 heteroatoms. The van der Waals surface area contributed by atoms with Crippen molar-refractivity contribution in [3.63, 3.8) is 0 Å². The molecule has 1 fully saturated rings. The van der Waals surface area contributed by atoms with Crippen LogP contribution in [0.4, 0.5) is 0 Å². The first-order valence-electron chi connectivity index (χ1n) is 8.03. The molecule has 2 rings (SSSR count). The third-order valence-electron chi connectivity index (χ3n) is 4.22. The van der Waals surface area contributed by atoms with E-state index in [1.807, 2.05) is 0 Å². The van der Waals surface area contributed by atoms with Crippen LogP contribution in [0.2, 0.25) is 0 Å². The predicted molar refractivity (Wildman–Crippen MR) is 89.4 cm³/mol. The lowest BCUT2D eigenvalue weighted by Crippen LogP contribution is -2.39. The van der Waals surface area contributed by atoms with Crippen LogP contribution >= 0.6 is 0 Å². The number of esters is 1. The highest BCUT2D eigenvalue weighted by atomic mass is 32.2. The van der Waals surface area contributed by atoms with E-state index < -0.39 is 22.4 Å². The molecule has 1 N–H and O–H groups in total. The maximum absolute atomic E-state index is 12.1. The van der Waals surface area contributed by atoms with E-state index in [0.717, 1.165) is 31.9 Å². The van der Waals surface area contributed by atoms with Crippen LogP contribution in [0.15, 0.2) is 29.2 Å². The zero-order chi connectivity index (χ0) is 17.7. The summed E-state index contributed by atoms with van der Waals surface area (Å²) in [6, 6.07) is 5.92. The van der Waals surface area contributed by atoms with Crippen molar-refractivity contribution in [3.05, 3.63) is 29.8 Å². The molecule has 1 amide bonds. The van der Waals surface area contributed by atoms with E-state index in [1.54, 1.807) is 6.07 Å². The van der Waals surface area contributed by atoms with Gasteiger partial charge >= 0.3 is 5.97 Å². The summed E-state index contributed by atoms with van der Waals surface area (Å²) in [7, 11) is -3.55. The van der Waals surface area contributed by atoms with Gasteiger partial charge in [0, 0.05) is 12.3 Å². The normalized spacial score (nSPS) is 21.1. The van der Waals surface area contributed by atoms with E-state index in [4.69, 9.17) is 4.74 Å². The van der Waals surface area contributed by atoms with Crippen molar-refractivity contribution in [3.8, 4) is 0 Å². The summed E-state index contributed by atoms with van der Waals surface area (Å²) < 4.78 is 28.4. The second-order valence-electron chi connectivity index (χ2n) is 6.37. The number of sulfone groups is 1. The maximum atomic E-state index is 12.1. The lowest BCUT2D eigenvalue weighted by atomic mass is 9.87. The molecule has 1 aromatic carbocycles. The second-order valence-corrected chi connectivity index (χ2v) is 8.35. The van der Waals surface area contributed by atoms with Gasteiger partial charge in [0.2, 0.25) is 0 Å². The summed E-state index contributed by atoms with van der Waals surface area (Å²) in [4.78, 5) is 23.9. The summed E-state index contributed by atoms with van der Waals surface area (Å²) in [5.74, 6) is -0.494. The molecule has 0 heterocycles. The molecule has 0 aromatic heterocycles. The van der Waals surface area contributed by atoms with Gasteiger partial charge in [0.25, 0.3) is 5.91 Å². The molecule has 0 unspecified atom stereocenters. The van der Waals surface area contributed by atoms with Gasteiger partial charge in [0.15, 0.2) is 16.4 Å². The number of nitrogens with one attached hydrogen (secondary N) is 1. The van der Waals surface area contributed by atoms with Crippen molar-refractivity contribution in [1.29, 1.82) is 0 Å². The molecule has 6 nitrogen and oxygen atoms in total. The summed E-state index contributed by atoms with van der Waals surface area (Å²) in [5.41, 5.74) is -0.0562. The van der Waals surface area contributed by atoms with Gasteiger partial charge in [-0.1, -0.05) is 19.1 Å². The van der Waals surface area contributed by atoms with Crippen molar-refractivity contribution in [2.45, 2.75) is 43.5 Å². The first kappa shape index (κ1) is 18.4. The Kier molecular flexibility index (Phi) is 5.99. The first-order valence-corrected chi connectivity index (χ1v) is 9.92. The van der Waals surface area contributed by atoms with Crippen LogP contribution in [-0.2, 0) is 19.4 Å². The van der Waals surface area contributed by atoms with Gasteiger partial charge < -0.3 is 10.1 Å². The highest BCUT2D eigenvalue weighted by Gasteiger charge is 2.22. The molecule has 132 valence electrons. The fraction of sp³-hybridized carbons (Fsp3) is 0.529. The number of benzene rings is 1. The molecule has 0 radical (unpaired) electrons. The number of hydrogen-bond donors (Lipinski definition) is 1. The third kappa shape index (κ3) is 5.06. The molecule has 1 aromatic rings. The fourth-order valence-electron chi connectivity index (χ4n) is 2.84. The number of carbonyl (C=O) groups excluding carboxylic acids is 2. The van der Waals surface area contributed by atoms with Gasteiger partial charge in [-0.25, -0.2) is 13.2 Å². The van der Waals surface area contributed by atoms with Crippen molar-refractivity contribution in [2.75, 3.05) is 12.9 Å². The molecule has 0 aliphatic heterocycles. The van der Waals surface area contributed by atoms with Crippen molar-refractivity contribution in [1.82, 2.24) is 5.32 Å². The average Bonchev–Trinajstić information content (AvgIpc) is 2.54. The number of ether oxygens (including phenoxy) is 1. The molecule has 24 heavy (non-hydrogen) atoms. The van der Waals surface area contributed by atoms with Gasteiger partial charge in [-0.3, -0.25) is 4.79 Å². The number of rotatable bonds is 5. The van der Waals surface area contributed by atoms with E-state index >= 15 is 0 Å². The van der Waals surface area contributed by atoms with E-state index in [2.05, 4.69) is 12.2 Å². The van der Waals surface area contributed by atoms with Crippen LogP contribution in [0.5, 0.6) is 0 Å². The molecule has 1 aliphatic carbocycles. The molecular weight excluding hydrogens is 330 g/mol. The number of hydrogen-bond acceptors (Lipinski definition) is 5. The monoisotopic (exact) mass is 353 g/mol. The zero-order valence-corrected chi connectivity index (χ0v) is 14.8. The van der Waals surface area contributed by atoms with Gasteiger partial charge in [0.1, 0.15) is 0 Å². The smallest absolute Gasteiger partial charge is 0.339 e. The van der Waals surface area contributed by atoms with Crippen LogP contribution in [0.3, 0.4) is 0 Å². The highest BCUT2D eigenvalue weighted by molar-refractivity contribution is 7.90. The minimum absolute atomic E-state index is 0.0562. The molecule has 1 saturated carbocycles. The number of amides is 1. The van der Waals surface area contributed by atoms with Crippen LogP contribution in [0.1, 0.15) is 43.0 Å². The Morgan fingerprint density at radius 2 is 1.79 bits per heavy atom. The van der Waals surface area contributed by atoms with E-state index in [-0.39, 0.29) is 22.4 Å². The molecule has 0 spiro atoms. The average molecular weight is 353 g/mol. The Labute approximate surface area is 142 Å². The number of carbonyl (C=O) groups is 2. The Morgan fingerprint density at radius 3 is 2.42 bits per heavy atom. The van der Waals surface area contributed by atoms with Gasteiger partial charge in [0.05, 0.1) is 10.5 Å². The fourth-order valence-corrected chi connectivity index (χ4v) is 3.72. The van der Waals surface area contributed by atoms with Crippen LogP contribution < -0.4 is 5.32 Å². The molecular formula is C17H23NO5S. The van der Waals surface area contributed by atoms with Gasteiger partial charge in [-0.05, 0) is 43.7 Å². The van der Waals surface area contributed by atoms with E-state index in [1.165, 1.54) is 18.2 Å². The third-order valence-corrected chi connectivity index (χ3v) is 5.38. The largest absolute Gasteiger partial charge is 0.452 e. The van der Waals surface area contributed by atoms with E-state index in [9.17, 15) is 18.0 Å². The topological polar surface area (TPSA) is 89.5 Å². The molecule has 0 bridgehead atoms. The second kappa shape index (κ2) is 7.79. The Hall–Kier alpha value is -1.89. The summed E-state index contributed by atoms with van der Waals surface area (Å²) in [6.07, 6.45) is 5.03. The standard InChI is InChI=1S/C17H23NO5S/c1-12-7-9-13(10-8-12)18-16(19)11-23-17(20)14-5-3-4-6-15(14)24(2,21)22/h3-6,12-13H,7-11H2,1-2H3,(H,18,19). The Balaban J connectivity index is 1.91. The van der Waals surface area contributed by atoms with Crippen molar-refractivity contribution >= 4 is 21.7 Å². The summed E-state index contributed by atoms with van der Waals surface area (Å²) in [6.45, 7) is 1.78. The maximum Gasteiger partial charge on any atom is 0.339 e. The lowest BCUT2D eigenvalue weighted by Gasteiger charge is -2.26.